The summed E-state index contributed by atoms with van der Waals surface area (Å²) in [4.78, 5) is 7.09. The Balaban J connectivity index is 1.74. The highest BCUT2D eigenvalue weighted by atomic mass is 16.6. The number of nitrogens with zero attached hydrogens (tertiary/aromatic N) is 4. The molecule has 0 bridgehead atoms. The molecule has 1 atom stereocenters. The van der Waals surface area contributed by atoms with Gasteiger partial charge in [-0.15, -0.1) is 0 Å². The van der Waals surface area contributed by atoms with E-state index in [1.807, 2.05) is 4.68 Å². The normalized spacial score (nSPS) is 23.5. The summed E-state index contributed by atoms with van der Waals surface area (Å²) in [7, 11) is 2.10. The van der Waals surface area contributed by atoms with Gasteiger partial charge >= 0.3 is 0 Å². The van der Waals surface area contributed by atoms with Crippen LogP contribution in [0.4, 0.5) is 0 Å². The highest BCUT2D eigenvalue weighted by molar-refractivity contribution is 5.01. The Hall–Kier alpha value is -1.02. The summed E-state index contributed by atoms with van der Waals surface area (Å²) in [5.74, 6) is 2.40. The molecular formula is C16H28N4O3. The van der Waals surface area contributed by atoms with Crippen LogP contribution in [-0.4, -0.2) is 72.4 Å². The first-order valence-electron chi connectivity index (χ1n) is 8.65. The summed E-state index contributed by atoms with van der Waals surface area (Å²) in [6, 6.07) is 0. The number of hydrogen-bond acceptors (Lipinski definition) is 6. The van der Waals surface area contributed by atoms with E-state index in [0.29, 0.717) is 32.3 Å². The number of rotatable bonds is 6. The molecule has 2 aliphatic heterocycles. The highest BCUT2D eigenvalue weighted by Crippen LogP contribution is 2.24. The van der Waals surface area contributed by atoms with Crippen LogP contribution in [-0.2, 0) is 27.3 Å². The highest BCUT2D eigenvalue weighted by Gasteiger charge is 2.24. The van der Waals surface area contributed by atoms with Crippen molar-refractivity contribution < 1.29 is 14.2 Å². The first-order valence-corrected chi connectivity index (χ1v) is 8.65. The van der Waals surface area contributed by atoms with Gasteiger partial charge in [-0.1, -0.05) is 6.92 Å². The van der Waals surface area contributed by atoms with E-state index in [1.165, 1.54) is 0 Å². The molecule has 3 heterocycles. The van der Waals surface area contributed by atoms with Crippen LogP contribution in [0.3, 0.4) is 0 Å². The Labute approximate surface area is 137 Å². The van der Waals surface area contributed by atoms with Gasteiger partial charge in [-0.25, -0.2) is 9.67 Å². The molecule has 0 aromatic carbocycles. The minimum atomic E-state index is 0.0682. The van der Waals surface area contributed by atoms with Gasteiger partial charge in [0.1, 0.15) is 11.9 Å². The number of ether oxygens (including phenoxy) is 3. The smallest absolute Gasteiger partial charge is 0.154 e. The molecule has 1 aromatic heterocycles. The van der Waals surface area contributed by atoms with Gasteiger partial charge in [0.2, 0.25) is 0 Å². The summed E-state index contributed by atoms with van der Waals surface area (Å²) < 4.78 is 18.8. The Kier molecular flexibility index (Phi) is 5.99. The lowest BCUT2D eigenvalue weighted by Gasteiger charge is -2.23. The molecule has 2 saturated heterocycles. The SMILES string of the molecule is CCN(C)Cc1nc(C2CCOCC2)nn1C[C@@H]1COCCO1. The van der Waals surface area contributed by atoms with Crippen LogP contribution in [0.1, 0.15) is 37.3 Å². The zero-order valence-electron chi connectivity index (χ0n) is 14.2. The third-order valence-electron chi connectivity index (χ3n) is 4.56. The molecule has 7 heteroatoms. The van der Waals surface area contributed by atoms with Crippen molar-refractivity contribution in [3.05, 3.63) is 11.6 Å². The molecule has 0 aliphatic carbocycles. The second-order valence-corrected chi connectivity index (χ2v) is 6.35. The first kappa shape index (κ1) is 16.8. The maximum absolute atomic E-state index is 5.78. The van der Waals surface area contributed by atoms with Gasteiger partial charge in [0, 0.05) is 19.1 Å². The van der Waals surface area contributed by atoms with E-state index in [1.54, 1.807) is 0 Å². The second-order valence-electron chi connectivity index (χ2n) is 6.35. The van der Waals surface area contributed by atoms with Crippen molar-refractivity contribution in [3.63, 3.8) is 0 Å². The molecule has 0 N–H and O–H groups in total. The lowest BCUT2D eigenvalue weighted by molar-refractivity contribution is -0.0950. The van der Waals surface area contributed by atoms with E-state index in [-0.39, 0.29) is 6.10 Å². The average molecular weight is 324 g/mol. The Morgan fingerprint density at radius 1 is 1.17 bits per heavy atom. The fourth-order valence-electron chi connectivity index (χ4n) is 2.97. The van der Waals surface area contributed by atoms with Crippen molar-refractivity contribution in [2.45, 2.75) is 44.9 Å². The third-order valence-corrected chi connectivity index (χ3v) is 4.56. The van der Waals surface area contributed by atoms with Gasteiger partial charge in [-0.2, -0.15) is 5.10 Å². The second kappa shape index (κ2) is 8.19. The summed E-state index contributed by atoms with van der Waals surface area (Å²) in [5.41, 5.74) is 0. The molecule has 23 heavy (non-hydrogen) atoms. The van der Waals surface area contributed by atoms with Crippen molar-refractivity contribution in [1.82, 2.24) is 19.7 Å². The van der Waals surface area contributed by atoms with E-state index >= 15 is 0 Å². The topological polar surface area (TPSA) is 61.6 Å². The molecular weight excluding hydrogens is 296 g/mol. The van der Waals surface area contributed by atoms with Gasteiger partial charge in [0.15, 0.2) is 5.82 Å². The van der Waals surface area contributed by atoms with E-state index < -0.39 is 0 Å². The van der Waals surface area contributed by atoms with Crippen LogP contribution in [0.15, 0.2) is 0 Å². The van der Waals surface area contributed by atoms with Crippen LogP contribution in [0.25, 0.3) is 0 Å². The quantitative estimate of drug-likeness (QED) is 0.779. The Bertz CT molecular complexity index is 482. The third kappa shape index (κ3) is 4.50. The molecule has 0 amide bonds. The summed E-state index contributed by atoms with van der Waals surface area (Å²) in [6.45, 7) is 8.26. The van der Waals surface area contributed by atoms with Gasteiger partial charge in [-0.05, 0) is 26.4 Å². The Morgan fingerprint density at radius 2 is 2.00 bits per heavy atom. The summed E-state index contributed by atoms with van der Waals surface area (Å²) in [6.07, 6.45) is 2.09. The van der Waals surface area contributed by atoms with Gasteiger partial charge < -0.3 is 14.2 Å². The van der Waals surface area contributed by atoms with E-state index in [2.05, 4.69) is 18.9 Å². The van der Waals surface area contributed by atoms with Gasteiger partial charge in [0.05, 0.1) is 32.9 Å². The molecule has 0 unspecified atom stereocenters. The van der Waals surface area contributed by atoms with Crippen molar-refractivity contribution in [2.24, 2.45) is 0 Å². The maximum Gasteiger partial charge on any atom is 0.154 e. The Morgan fingerprint density at radius 3 is 2.70 bits per heavy atom. The molecule has 2 fully saturated rings. The van der Waals surface area contributed by atoms with E-state index in [9.17, 15) is 0 Å². The largest absolute Gasteiger partial charge is 0.381 e. The van der Waals surface area contributed by atoms with Gasteiger partial charge in [0.25, 0.3) is 0 Å². The minimum Gasteiger partial charge on any atom is -0.381 e. The van der Waals surface area contributed by atoms with Crippen LogP contribution >= 0.6 is 0 Å². The zero-order chi connectivity index (χ0) is 16.1. The summed E-state index contributed by atoms with van der Waals surface area (Å²) >= 11 is 0. The molecule has 7 nitrogen and oxygen atoms in total. The fraction of sp³-hybridized carbons (Fsp3) is 0.875. The van der Waals surface area contributed by atoms with Crippen LogP contribution < -0.4 is 0 Å². The molecule has 130 valence electrons. The van der Waals surface area contributed by atoms with Crippen molar-refractivity contribution in [1.29, 1.82) is 0 Å². The summed E-state index contributed by atoms with van der Waals surface area (Å²) in [5, 5.41) is 4.80. The average Bonchev–Trinajstić information content (AvgIpc) is 2.99. The van der Waals surface area contributed by atoms with Crippen LogP contribution in [0.2, 0.25) is 0 Å². The van der Waals surface area contributed by atoms with Gasteiger partial charge in [-0.3, -0.25) is 4.90 Å². The first-order chi connectivity index (χ1) is 11.3. The monoisotopic (exact) mass is 324 g/mol. The predicted molar refractivity (Wildman–Crippen MR) is 85.4 cm³/mol. The van der Waals surface area contributed by atoms with E-state index in [0.717, 1.165) is 50.8 Å². The molecule has 0 saturated carbocycles. The standard InChI is InChI=1S/C16H28N4O3/c1-3-19(2)11-15-17-16(13-4-6-21-7-5-13)18-20(15)10-14-12-22-8-9-23-14/h13-14H,3-12H2,1-2H3/t14-/m1/s1. The molecule has 0 spiro atoms. The molecule has 2 aliphatic rings. The molecule has 1 aromatic rings. The van der Waals surface area contributed by atoms with Crippen molar-refractivity contribution >= 4 is 0 Å². The predicted octanol–water partition coefficient (Wildman–Crippen LogP) is 1.04. The van der Waals surface area contributed by atoms with E-state index in [4.69, 9.17) is 24.3 Å². The lowest BCUT2D eigenvalue weighted by Crippen LogP contribution is -2.33. The maximum atomic E-state index is 5.78. The lowest BCUT2D eigenvalue weighted by atomic mass is 10.00. The molecule has 0 radical (unpaired) electrons. The van der Waals surface area contributed by atoms with Crippen molar-refractivity contribution in [3.8, 4) is 0 Å². The van der Waals surface area contributed by atoms with Crippen LogP contribution in [0.5, 0.6) is 0 Å². The van der Waals surface area contributed by atoms with Crippen LogP contribution in [0, 0.1) is 0 Å². The number of aromatic nitrogens is 3. The fourth-order valence-corrected chi connectivity index (χ4v) is 2.97. The minimum absolute atomic E-state index is 0.0682. The number of hydrogen-bond donors (Lipinski definition) is 0. The zero-order valence-corrected chi connectivity index (χ0v) is 14.2. The van der Waals surface area contributed by atoms with Crippen molar-refractivity contribution in [2.75, 3.05) is 46.6 Å². The molecule has 3 rings (SSSR count).